The Bertz CT molecular complexity index is 1220. The molecule has 0 spiro atoms. The number of methoxy groups -OCH3 is 1. The quantitative estimate of drug-likeness (QED) is 0.500. The molecule has 0 aromatic heterocycles. The molecule has 2 atom stereocenters. The molecule has 2 aromatic rings. The lowest BCUT2D eigenvalue weighted by Gasteiger charge is -2.28. The maximum Gasteiger partial charge on any atom is 0.255 e. The van der Waals surface area contributed by atoms with Crippen molar-refractivity contribution in [2.24, 2.45) is 5.92 Å². The summed E-state index contributed by atoms with van der Waals surface area (Å²) in [4.78, 5) is 56.1. The maximum atomic E-state index is 13.5. The Labute approximate surface area is 241 Å². The number of nitrogens with one attached hydrogen (secondary N) is 2. The van der Waals surface area contributed by atoms with Gasteiger partial charge in [-0.05, 0) is 36.6 Å². The Morgan fingerprint density at radius 3 is 2.46 bits per heavy atom. The highest BCUT2D eigenvalue weighted by atomic mass is 16.5. The second-order valence-electron chi connectivity index (χ2n) is 10.3. The van der Waals surface area contributed by atoms with Gasteiger partial charge in [0.05, 0.1) is 32.2 Å². The molecule has 0 fully saturated rings. The SMILES string of the molecule is COc1ccccc1OCCN(C)C(=O)[C@@H]1CC(=O)N[C@H](CC(C)C)C(=O)N(C)CCOc2ccccc2C(=O)N1. The van der Waals surface area contributed by atoms with Gasteiger partial charge in [-0.2, -0.15) is 0 Å². The fraction of sp³-hybridized carbons (Fsp3) is 0.467. The van der Waals surface area contributed by atoms with Crippen LogP contribution in [0.2, 0.25) is 0 Å². The van der Waals surface area contributed by atoms with Crippen molar-refractivity contribution in [3.8, 4) is 17.2 Å². The number of para-hydroxylation sites is 3. The molecular formula is C30H40N4O7. The first-order valence-corrected chi connectivity index (χ1v) is 13.7. The van der Waals surface area contributed by atoms with Crippen LogP contribution in [0.25, 0.3) is 0 Å². The minimum absolute atomic E-state index is 0.131. The lowest BCUT2D eigenvalue weighted by atomic mass is 10.0. The molecule has 41 heavy (non-hydrogen) atoms. The molecule has 0 aliphatic carbocycles. The van der Waals surface area contributed by atoms with Crippen molar-refractivity contribution in [3.05, 3.63) is 54.1 Å². The number of amides is 4. The third kappa shape index (κ3) is 8.86. The molecule has 1 aliphatic heterocycles. The van der Waals surface area contributed by atoms with Gasteiger partial charge in [-0.3, -0.25) is 19.2 Å². The lowest BCUT2D eigenvalue weighted by Crippen LogP contribution is -2.53. The van der Waals surface area contributed by atoms with E-state index in [4.69, 9.17) is 14.2 Å². The third-order valence-corrected chi connectivity index (χ3v) is 6.66. The van der Waals surface area contributed by atoms with E-state index in [2.05, 4.69) is 10.6 Å². The van der Waals surface area contributed by atoms with Crippen molar-refractivity contribution in [2.45, 2.75) is 38.8 Å². The predicted octanol–water partition coefficient (Wildman–Crippen LogP) is 2.10. The number of hydrogen-bond donors (Lipinski definition) is 2. The van der Waals surface area contributed by atoms with Gasteiger partial charge < -0.3 is 34.6 Å². The van der Waals surface area contributed by atoms with Gasteiger partial charge in [-0.25, -0.2) is 0 Å². The summed E-state index contributed by atoms with van der Waals surface area (Å²) in [5.41, 5.74) is 0.219. The summed E-state index contributed by atoms with van der Waals surface area (Å²) in [6.45, 7) is 4.67. The van der Waals surface area contributed by atoms with Crippen LogP contribution in [0.3, 0.4) is 0 Å². The van der Waals surface area contributed by atoms with Crippen molar-refractivity contribution in [1.82, 2.24) is 20.4 Å². The summed E-state index contributed by atoms with van der Waals surface area (Å²) < 4.78 is 16.9. The van der Waals surface area contributed by atoms with Crippen LogP contribution >= 0.6 is 0 Å². The number of ether oxygens (including phenoxy) is 3. The Morgan fingerprint density at radius 2 is 1.76 bits per heavy atom. The summed E-state index contributed by atoms with van der Waals surface area (Å²) >= 11 is 0. The minimum Gasteiger partial charge on any atom is -0.493 e. The summed E-state index contributed by atoms with van der Waals surface area (Å²) in [6.07, 6.45) is 0.0701. The number of hydrogen-bond acceptors (Lipinski definition) is 7. The van der Waals surface area contributed by atoms with E-state index in [0.717, 1.165) is 0 Å². The number of likely N-dealkylation sites (N-methyl/N-ethyl adjacent to an activating group) is 2. The molecule has 11 heteroatoms. The summed E-state index contributed by atoms with van der Waals surface area (Å²) in [5, 5.41) is 5.50. The Balaban J connectivity index is 1.82. The van der Waals surface area contributed by atoms with Gasteiger partial charge in [0.2, 0.25) is 17.7 Å². The molecule has 11 nitrogen and oxygen atoms in total. The van der Waals surface area contributed by atoms with Crippen LogP contribution in [-0.4, -0.2) is 93.0 Å². The Hall–Kier alpha value is -4.28. The summed E-state index contributed by atoms with van der Waals surface area (Å²) in [6, 6.07) is 11.8. The molecule has 1 heterocycles. The molecular weight excluding hydrogens is 528 g/mol. The first-order valence-electron chi connectivity index (χ1n) is 13.7. The van der Waals surface area contributed by atoms with Crippen LogP contribution in [0.4, 0.5) is 0 Å². The second kappa shape index (κ2) is 14.9. The molecule has 3 rings (SSSR count). The third-order valence-electron chi connectivity index (χ3n) is 6.66. The van der Waals surface area contributed by atoms with E-state index in [1.54, 1.807) is 57.6 Å². The van der Waals surface area contributed by atoms with Gasteiger partial charge >= 0.3 is 0 Å². The number of benzene rings is 2. The number of fused-ring (bicyclic) bond motifs is 1. The molecule has 0 radical (unpaired) electrons. The van der Waals surface area contributed by atoms with Crippen LogP contribution in [0.1, 0.15) is 37.0 Å². The molecule has 2 N–H and O–H groups in total. The average Bonchev–Trinajstić information content (AvgIpc) is 2.95. The molecule has 2 aromatic carbocycles. The smallest absolute Gasteiger partial charge is 0.255 e. The molecule has 0 bridgehead atoms. The van der Waals surface area contributed by atoms with E-state index >= 15 is 0 Å². The maximum absolute atomic E-state index is 13.5. The largest absolute Gasteiger partial charge is 0.493 e. The van der Waals surface area contributed by atoms with E-state index in [1.165, 1.54) is 9.80 Å². The van der Waals surface area contributed by atoms with Gasteiger partial charge in [0.15, 0.2) is 11.5 Å². The van der Waals surface area contributed by atoms with Crippen LogP contribution in [0.15, 0.2) is 48.5 Å². The monoisotopic (exact) mass is 568 g/mol. The average molecular weight is 569 g/mol. The highest BCUT2D eigenvalue weighted by molar-refractivity contribution is 6.01. The Kier molecular flexibility index (Phi) is 11.4. The number of rotatable bonds is 8. The zero-order valence-electron chi connectivity index (χ0n) is 24.3. The number of carbonyl (C=O) groups is 4. The first-order chi connectivity index (χ1) is 19.6. The molecule has 4 amide bonds. The van der Waals surface area contributed by atoms with Gasteiger partial charge in [0, 0.05) is 14.1 Å². The van der Waals surface area contributed by atoms with Gasteiger partial charge in [0.25, 0.3) is 5.91 Å². The van der Waals surface area contributed by atoms with Crippen LogP contribution in [0, 0.1) is 5.92 Å². The molecule has 0 unspecified atom stereocenters. The van der Waals surface area contributed by atoms with Gasteiger partial charge in [0.1, 0.15) is 31.0 Å². The predicted molar refractivity (Wildman–Crippen MR) is 153 cm³/mol. The van der Waals surface area contributed by atoms with Gasteiger partial charge in [-0.1, -0.05) is 38.1 Å². The fourth-order valence-corrected chi connectivity index (χ4v) is 4.42. The van der Waals surface area contributed by atoms with Crippen molar-refractivity contribution < 1.29 is 33.4 Å². The summed E-state index contributed by atoms with van der Waals surface area (Å²) in [7, 11) is 4.75. The normalized spacial score (nSPS) is 18.4. The van der Waals surface area contributed by atoms with Crippen molar-refractivity contribution in [2.75, 3.05) is 47.5 Å². The highest BCUT2D eigenvalue weighted by Crippen LogP contribution is 2.25. The summed E-state index contributed by atoms with van der Waals surface area (Å²) in [5.74, 6) is -0.258. The highest BCUT2D eigenvalue weighted by Gasteiger charge is 2.31. The zero-order valence-corrected chi connectivity index (χ0v) is 24.3. The van der Waals surface area contributed by atoms with E-state index in [-0.39, 0.29) is 50.1 Å². The van der Waals surface area contributed by atoms with Crippen molar-refractivity contribution >= 4 is 23.6 Å². The van der Waals surface area contributed by atoms with Crippen LogP contribution < -0.4 is 24.8 Å². The van der Waals surface area contributed by atoms with Crippen LogP contribution in [-0.2, 0) is 14.4 Å². The second-order valence-corrected chi connectivity index (χ2v) is 10.3. The lowest BCUT2D eigenvalue weighted by molar-refractivity contribution is -0.137. The molecule has 222 valence electrons. The Morgan fingerprint density at radius 1 is 1.07 bits per heavy atom. The number of nitrogens with zero attached hydrogens (tertiary/aromatic N) is 2. The fourth-order valence-electron chi connectivity index (χ4n) is 4.42. The van der Waals surface area contributed by atoms with Gasteiger partial charge in [-0.15, -0.1) is 0 Å². The zero-order chi connectivity index (χ0) is 29.9. The van der Waals surface area contributed by atoms with E-state index in [1.807, 2.05) is 26.0 Å². The molecule has 1 aliphatic rings. The topological polar surface area (TPSA) is 127 Å². The molecule has 0 saturated heterocycles. The van der Waals surface area contributed by atoms with E-state index in [0.29, 0.717) is 23.7 Å². The first kappa shape index (κ1) is 31.3. The number of carbonyl (C=O) groups excluding carboxylic acids is 4. The standard InChI is InChI=1S/C30H40N4O7/c1-20(2)18-22-29(37)33(3)14-16-40-24-11-7-6-10-21(24)28(36)32-23(19-27(35)31-22)30(38)34(4)15-17-41-26-13-9-8-12-25(26)39-5/h6-13,20,22-23H,14-19H2,1-5H3,(H,31,35)(H,32,36)/t22-,23+/m1/s1. The minimum atomic E-state index is -1.19. The van der Waals surface area contributed by atoms with Crippen molar-refractivity contribution in [1.29, 1.82) is 0 Å². The van der Waals surface area contributed by atoms with E-state index in [9.17, 15) is 19.2 Å². The van der Waals surface area contributed by atoms with Crippen LogP contribution in [0.5, 0.6) is 17.2 Å². The van der Waals surface area contributed by atoms with Crippen molar-refractivity contribution in [3.63, 3.8) is 0 Å². The molecule has 0 saturated carbocycles. The van der Waals surface area contributed by atoms with E-state index < -0.39 is 29.8 Å².